The third-order valence-corrected chi connectivity index (χ3v) is 4.58. The Morgan fingerprint density at radius 3 is 2.64 bits per heavy atom. The highest BCUT2D eigenvalue weighted by atomic mass is 32.2. The number of benzene rings is 1. The van der Waals surface area contributed by atoms with Gasteiger partial charge in [-0.15, -0.1) is 0 Å². The van der Waals surface area contributed by atoms with Crippen molar-refractivity contribution in [1.29, 1.82) is 0 Å². The Morgan fingerprint density at radius 2 is 2.00 bits per heavy atom. The molecule has 0 unspecified atom stereocenters. The number of nitrogens with one attached hydrogen (secondary N) is 1. The molecule has 7 heteroatoms. The van der Waals surface area contributed by atoms with Gasteiger partial charge in [0.1, 0.15) is 15.9 Å². The van der Waals surface area contributed by atoms with Crippen molar-refractivity contribution < 1.29 is 18.0 Å². The molecule has 0 bridgehead atoms. The van der Waals surface area contributed by atoms with Crippen LogP contribution in [0.4, 0.5) is 5.69 Å². The third kappa shape index (κ3) is 4.07. The van der Waals surface area contributed by atoms with Crippen molar-refractivity contribution in [1.82, 2.24) is 5.32 Å². The van der Waals surface area contributed by atoms with Gasteiger partial charge in [0, 0.05) is 25.4 Å². The smallest absolute Gasteiger partial charge is 0.249 e. The maximum Gasteiger partial charge on any atom is 0.249 e. The Hall–Kier alpha value is -1.89. The molecule has 0 aliphatic carbocycles. The van der Waals surface area contributed by atoms with E-state index in [1.165, 1.54) is 6.92 Å². The lowest BCUT2D eigenvalue weighted by Gasteiger charge is -2.24. The maximum absolute atomic E-state index is 12.7. The first-order valence-electron chi connectivity index (χ1n) is 7.12. The van der Waals surface area contributed by atoms with Crippen LogP contribution in [0.15, 0.2) is 24.3 Å². The first kappa shape index (κ1) is 16.5. The largest absolute Gasteiger partial charge is 0.344 e. The lowest BCUT2D eigenvalue weighted by molar-refractivity contribution is -0.126. The van der Waals surface area contributed by atoms with Crippen LogP contribution in [0.1, 0.15) is 18.9 Å². The molecule has 0 aromatic heterocycles. The molecular formula is C15H20N2O4S. The Morgan fingerprint density at radius 1 is 1.32 bits per heavy atom. The lowest BCUT2D eigenvalue weighted by Crippen LogP contribution is -2.48. The highest BCUT2D eigenvalue weighted by Crippen LogP contribution is 2.28. The summed E-state index contributed by atoms with van der Waals surface area (Å²) in [6.45, 7) is 1.87. The fourth-order valence-electron chi connectivity index (χ4n) is 2.59. The molecule has 120 valence electrons. The van der Waals surface area contributed by atoms with Gasteiger partial charge in [0.05, 0.1) is 5.75 Å². The topological polar surface area (TPSA) is 83.5 Å². The Labute approximate surface area is 130 Å². The molecule has 0 saturated carbocycles. The van der Waals surface area contributed by atoms with Crippen molar-refractivity contribution in [2.24, 2.45) is 0 Å². The van der Waals surface area contributed by atoms with E-state index in [-0.39, 0.29) is 24.0 Å². The van der Waals surface area contributed by atoms with Gasteiger partial charge in [0.15, 0.2) is 0 Å². The summed E-state index contributed by atoms with van der Waals surface area (Å²) in [5.41, 5.74) is 1.92. The van der Waals surface area contributed by atoms with Crippen LogP contribution in [0.2, 0.25) is 0 Å². The number of para-hydroxylation sites is 1. The molecule has 6 nitrogen and oxygen atoms in total. The highest BCUT2D eigenvalue weighted by Gasteiger charge is 2.30. The molecule has 22 heavy (non-hydrogen) atoms. The monoisotopic (exact) mass is 324 g/mol. The Bertz CT molecular complexity index is 685. The van der Waals surface area contributed by atoms with Gasteiger partial charge in [0.2, 0.25) is 11.8 Å². The van der Waals surface area contributed by atoms with E-state index in [4.69, 9.17) is 0 Å². The van der Waals surface area contributed by atoms with Crippen molar-refractivity contribution in [3.63, 3.8) is 0 Å². The first-order valence-corrected chi connectivity index (χ1v) is 9.18. The molecule has 0 saturated heterocycles. The van der Waals surface area contributed by atoms with E-state index in [0.717, 1.165) is 23.9 Å². The summed E-state index contributed by atoms with van der Waals surface area (Å²) in [5.74, 6) is -0.748. The maximum atomic E-state index is 12.7. The number of anilines is 1. The van der Waals surface area contributed by atoms with E-state index in [9.17, 15) is 18.0 Å². The standard InChI is InChI=1S/C15H20N2O4S/c1-11(18)16-13(8-10-22(2,20)21)15(19)17-9-7-12-5-3-4-6-14(12)17/h3-6,13H,7-10H2,1-2H3,(H,16,18)/t13-/m1/s1. The number of fused-ring (bicyclic) bond motifs is 1. The van der Waals surface area contributed by atoms with Gasteiger partial charge in [-0.1, -0.05) is 18.2 Å². The van der Waals surface area contributed by atoms with Gasteiger partial charge in [-0.25, -0.2) is 8.42 Å². The number of amides is 2. The summed E-state index contributed by atoms with van der Waals surface area (Å²) in [5, 5.41) is 2.57. The second-order valence-corrected chi connectivity index (χ2v) is 7.80. The zero-order valence-electron chi connectivity index (χ0n) is 12.7. The van der Waals surface area contributed by atoms with Gasteiger partial charge in [-0.2, -0.15) is 0 Å². The lowest BCUT2D eigenvalue weighted by atomic mass is 10.1. The fraction of sp³-hybridized carbons (Fsp3) is 0.467. The average Bonchev–Trinajstić information content (AvgIpc) is 2.85. The van der Waals surface area contributed by atoms with E-state index in [0.29, 0.717) is 6.54 Å². The van der Waals surface area contributed by atoms with Crippen LogP contribution in [0.5, 0.6) is 0 Å². The molecule has 2 rings (SSSR count). The van der Waals surface area contributed by atoms with Crippen LogP contribution in [0, 0.1) is 0 Å². The van der Waals surface area contributed by atoms with Crippen molar-refractivity contribution in [3.8, 4) is 0 Å². The molecule has 1 aromatic carbocycles. The number of carbonyl (C=O) groups excluding carboxylic acids is 2. The zero-order valence-corrected chi connectivity index (χ0v) is 13.5. The van der Waals surface area contributed by atoms with Gasteiger partial charge in [-0.3, -0.25) is 9.59 Å². The summed E-state index contributed by atoms with van der Waals surface area (Å²) >= 11 is 0. The van der Waals surface area contributed by atoms with Crippen LogP contribution >= 0.6 is 0 Å². The number of nitrogens with zero attached hydrogens (tertiary/aromatic N) is 1. The summed E-state index contributed by atoms with van der Waals surface area (Å²) in [7, 11) is -3.19. The average molecular weight is 324 g/mol. The molecule has 0 spiro atoms. The van der Waals surface area contributed by atoms with Gasteiger partial charge in [-0.05, 0) is 24.5 Å². The van der Waals surface area contributed by atoms with Crippen molar-refractivity contribution in [2.75, 3.05) is 23.5 Å². The number of hydrogen-bond donors (Lipinski definition) is 1. The van der Waals surface area contributed by atoms with Crippen molar-refractivity contribution >= 4 is 27.3 Å². The Balaban J connectivity index is 2.17. The minimum atomic E-state index is -3.19. The molecule has 1 aromatic rings. The fourth-order valence-corrected chi connectivity index (χ4v) is 3.25. The minimum Gasteiger partial charge on any atom is -0.344 e. The van der Waals surface area contributed by atoms with E-state index in [1.54, 1.807) is 4.90 Å². The number of carbonyl (C=O) groups is 2. The zero-order chi connectivity index (χ0) is 16.3. The molecule has 2 amide bonds. The molecule has 0 radical (unpaired) electrons. The van der Waals surface area contributed by atoms with Crippen LogP contribution < -0.4 is 10.2 Å². The molecule has 1 atom stereocenters. The van der Waals surface area contributed by atoms with Crippen molar-refractivity contribution in [2.45, 2.75) is 25.8 Å². The van der Waals surface area contributed by atoms with E-state index in [2.05, 4.69) is 5.32 Å². The molecule has 1 N–H and O–H groups in total. The highest BCUT2D eigenvalue weighted by molar-refractivity contribution is 7.90. The van der Waals surface area contributed by atoms with Crippen LogP contribution in [-0.4, -0.2) is 44.8 Å². The second kappa shape index (κ2) is 6.48. The SMILES string of the molecule is CC(=O)N[C@H](CCS(C)(=O)=O)C(=O)N1CCc2ccccc21. The van der Waals surface area contributed by atoms with Gasteiger partial charge < -0.3 is 10.2 Å². The summed E-state index contributed by atoms with van der Waals surface area (Å²) in [4.78, 5) is 25.6. The normalized spacial score (nSPS) is 15.3. The third-order valence-electron chi connectivity index (χ3n) is 3.61. The predicted octanol–water partition coefficient (Wildman–Crippen LogP) is 0.515. The van der Waals surface area contributed by atoms with Crippen LogP contribution in [0.25, 0.3) is 0 Å². The van der Waals surface area contributed by atoms with Gasteiger partial charge in [0.25, 0.3) is 0 Å². The molecular weight excluding hydrogens is 304 g/mol. The molecule has 0 fully saturated rings. The second-order valence-electron chi connectivity index (χ2n) is 5.54. The Kier molecular flexibility index (Phi) is 4.85. The number of rotatable bonds is 5. The van der Waals surface area contributed by atoms with E-state index in [1.807, 2.05) is 24.3 Å². The predicted molar refractivity (Wildman–Crippen MR) is 84.4 cm³/mol. The van der Waals surface area contributed by atoms with E-state index >= 15 is 0 Å². The number of sulfone groups is 1. The molecule has 1 aliphatic rings. The minimum absolute atomic E-state index is 0.0793. The quantitative estimate of drug-likeness (QED) is 0.855. The molecule has 1 aliphatic heterocycles. The number of hydrogen-bond acceptors (Lipinski definition) is 4. The van der Waals surface area contributed by atoms with Crippen LogP contribution in [0.3, 0.4) is 0 Å². The van der Waals surface area contributed by atoms with Crippen LogP contribution in [-0.2, 0) is 25.8 Å². The molecule has 1 heterocycles. The first-order chi connectivity index (χ1) is 10.3. The summed E-state index contributed by atoms with van der Waals surface area (Å²) in [6.07, 6.45) is 1.96. The summed E-state index contributed by atoms with van der Waals surface area (Å²) in [6, 6.07) is 6.78. The van der Waals surface area contributed by atoms with Gasteiger partial charge >= 0.3 is 0 Å². The van der Waals surface area contributed by atoms with E-state index < -0.39 is 15.9 Å². The van der Waals surface area contributed by atoms with Crippen molar-refractivity contribution in [3.05, 3.63) is 29.8 Å². The summed E-state index contributed by atoms with van der Waals surface area (Å²) < 4.78 is 22.7.